The van der Waals surface area contributed by atoms with Gasteiger partial charge in [-0.15, -0.1) is 0 Å². The summed E-state index contributed by atoms with van der Waals surface area (Å²) in [4.78, 5) is 4.02. The molecular formula is C11H15N5O3S. The summed E-state index contributed by atoms with van der Waals surface area (Å²) in [6, 6.07) is 4.35. The lowest BCUT2D eigenvalue weighted by Crippen LogP contribution is -2.13. The van der Waals surface area contributed by atoms with E-state index in [1.54, 1.807) is 13.0 Å². The topological polar surface area (TPSA) is 137 Å². The average molecular weight is 297 g/mol. The van der Waals surface area contributed by atoms with Crippen LogP contribution in [-0.4, -0.2) is 25.1 Å². The van der Waals surface area contributed by atoms with Gasteiger partial charge < -0.3 is 15.6 Å². The molecule has 0 amide bonds. The van der Waals surface area contributed by atoms with Gasteiger partial charge in [0.1, 0.15) is 0 Å². The molecule has 0 saturated heterocycles. The summed E-state index contributed by atoms with van der Waals surface area (Å²) in [6.45, 7) is 2.23. The number of nitrogens with zero attached hydrogens (tertiary/aromatic N) is 2. The number of aryl methyl sites for hydroxylation is 1. The minimum absolute atomic E-state index is 0.0337. The summed E-state index contributed by atoms with van der Waals surface area (Å²) in [5.74, 6) is 1.08. The molecule has 9 heteroatoms. The van der Waals surface area contributed by atoms with E-state index < -0.39 is 10.0 Å². The van der Waals surface area contributed by atoms with Gasteiger partial charge in [-0.05, 0) is 25.1 Å². The highest BCUT2D eigenvalue weighted by atomic mass is 32.2. The summed E-state index contributed by atoms with van der Waals surface area (Å²) >= 11 is 0. The molecule has 20 heavy (non-hydrogen) atoms. The fraction of sp³-hybridized carbons (Fsp3) is 0.273. The molecule has 0 radical (unpaired) electrons. The van der Waals surface area contributed by atoms with Crippen molar-refractivity contribution in [2.75, 3.05) is 17.6 Å². The van der Waals surface area contributed by atoms with Crippen molar-refractivity contribution in [1.82, 2.24) is 10.1 Å². The molecule has 0 aliphatic carbocycles. The smallest absolute Gasteiger partial charge is 0.238 e. The molecule has 0 fully saturated rings. The standard InChI is InChI=1S/C11H15N5O3S/c1-7-15-11(19-16-7)2-3-14-9-4-8(12)5-10(6-9)20(13,17)18/h4-6,14H,2-3,12H2,1H3,(H2,13,17,18). The maximum atomic E-state index is 11.3. The van der Waals surface area contributed by atoms with E-state index in [-0.39, 0.29) is 4.90 Å². The zero-order valence-electron chi connectivity index (χ0n) is 10.8. The molecule has 0 aliphatic rings. The molecule has 1 aromatic carbocycles. The van der Waals surface area contributed by atoms with Crippen LogP contribution in [0, 0.1) is 6.92 Å². The predicted molar refractivity (Wildman–Crippen MR) is 73.5 cm³/mol. The largest absolute Gasteiger partial charge is 0.399 e. The Balaban J connectivity index is 2.04. The molecule has 0 saturated carbocycles. The first kappa shape index (κ1) is 14.3. The Morgan fingerprint density at radius 2 is 2.10 bits per heavy atom. The van der Waals surface area contributed by atoms with E-state index in [1.165, 1.54) is 12.1 Å². The number of rotatable bonds is 5. The minimum atomic E-state index is -3.78. The van der Waals surface area contributed by atoms with Gasteiger partial charge in [0, 0.05) is 24.3 Å². The first-order valence-corrected chi connectivity index (χ1v) is 7.35. The van der Waals surface area contributed by atoms with Crippen LogP contribution >= 0.6 is 0 Å². The van der Waals surface area contributed by atoms with E-state index in [0.29, 0.717) is 36.1 Å². The number of sulfonamides is 1. The third-order valence-electron chi connectivity index (χ3n) is 2.50. The van der Waals surface area contributed by atoms with Crippen molar-refractivity contribution in [3.8, 4) is 0 Å². The number of primary sulfonamides is 1. The van der Waals surface area contributed by atoms with Crippen molar-refractivity contribution in [2.24, 2.45) is 5.14 Å². The monoisotopic (exact) mass is 297 g/mol. The van der Waals surface area contributed by atoms with Gasteiger partial charge in [0.25, 0.3) is 0 Å². The second-order valence-electron chi connectivity index (χ2n) is 4.25. The zero-order valence-corrected chi connectivity index (χ0v) is 11.6. The van der Waals surface area contributed by atoms with Crippen molar-refractivity contribution in [2.45, 2.75) is 18.2 Å². The third kappa shape index (κ3) is 3.68. The fourth-order valence-corrected chi connectivity index (χ4v) is 2.24. The van der Waals surface area contributed by atoms with Gasteiger partial charge >= 0.3 is 0 Å². The second kappa shape index (κ2) is 5.47. The van der Waals surface area contributed by atoms with Gasteiger partial charge in [-0.3, -0.25) is 0 Å². The van der Waals surface area contributed by atoms with Crippen molar-refractivity contribution < 1.29 is 12.9 Å². The van der Waals surface area contributed by atoms with E-state index in [4.69, 9.17) is 15.4 Å². The summed E-state index contributed by atoms with van der Waals surface area (Å²) in [6.07, 6.45) is 0.514. The Morgan fingerprint density at radius 3 is 2.70 bits per heavy atom. The van der Waals surface area contributed by atoms with E-state index in [2.05, 4.69) is 15.5 Å². The van der Waals surface area contributed by atoms with Crippen molar-refractivity contribution in [1.29, 1.82) is 0 Å². The normalized spacial score (nSPS) is 11.5. The highest BCUT2D eigenvalue weighted by molar-refractivity contribution is 7.89. The van der Waals surface area contributed by atoms with E-state index in [9.17, 15) is 8.42 Å². The van der Waals surface area contributed by atoms with Crippen LogP contribution < -0.4 is 16.2 Å². The summed E-state index contributed by atoms with van der Waals surface area (Å²) in [5, 5.41) is 11.8. The highest BCUT2D eigenvalue weighted by Gasteiger charge is 2.10. The summed E-state index contributed by atoms with van der Waals surface area (Å²) in [7, 11) is -3.78. The van der Waals surface area contributed by atoms with Gasteiger partial charge in [0.2, 0.25) is 15.9 Å². The van der Waals surface area contributed by atoms with Gasteiger partial charge in [0.05, 0.1) is 4.90 Å². The maximum absolute atomic E-state index is 11.3. The Morgan fingerprint density at radius 1 is 1.35 bits per heavy atom. The van der Waals surface area contributed by atoms with Gasteiger partial charge in [-0.25, -0.2) is 13.6 Å². The van der Waals surface area contributed by atoms with Crippen LogP contribution in [0.4, 0.5) is 11.4 Å². The number of nitrogens with one attached hydrogen (secondary N) is 1. The maximum Gasteiger partial charge on any atom is 0.238 e. The molecule has 2 rings (SSSR count). The molecule has 108 valence electrons. The number of nitrogens with two attached hydrogens (primary N) is 2. The van der Waals surface area contributed by atoms with Crippen LogP contribution in [0.1, 0.15) is 11.7 Å². The Labute approximate surface area is 116 Å². The average Bonchev–Trinajstić information content (AvgIpc) is 2.73. The number of nitrogen functional groups attached to an aromatic ring is 1. The molecule has 2 aromatic rings. The number of hydrogen-bond donors (Lipinski definition) is 3. The predicted octanol–water partition coefficient (Wildman–Crippen LogP) is 0.262. The van der Waals surface area contributed by atoms with E-state index >= 15 is 0 Å². The van der Waals surface area contributed by atoms with Crippen LogP contribution in [-0.2, 0) is 16.4 Å². The Kier molecular flexibility index (Phi) is 3.91. The van der Waals surface area contributed by atoms with E-state index in [0.717, 1.165) is 0 Å². The summed E-state index contributed by atoms with van der Waals surface area (Å²) in [5.41, 5.74) is 6.51. The van der Waals surface area contributed by atoms with Gasteiger partial charge in [0.15, 0.2) is 5.82 Å². The number of anilines is 2. The molecule has 0 aliphatic heterocycles. The molecular weight excluding hydrogens is 282 g/mol. The first-order valence-electron chi connectivity index (χ1n) is 5.81. The van der Waals surface area contributed by atoms with Gasteiger partial charge in [-0.1, -0.05) is 5.16 Å². The zero-order chi connectivity index (χ0) is 14.8. The SMILES string of the molecule is Cc1noc(CCNc2cc(N)cc(S(N)(=O)=O)c2)n1. The van der Waals surface area contributed by atoms with Crippen LogP contribution in [0.2, 0.25) is 0 Å². The van der Waals surface area contributed by atoms with Crippen molar-refractivity contribution in [3.63, 3.8) is 0 Å². The lowest BCUT2D eigenvalue weighted by molar-refractivity contribution is 0.377. The minimum Gasteiger partial charge on any atom is -0.399 e. The molecule has 0 bridgehead atoms. The second-order valence-corrected chi connectivity index (χ2v) is 5.81. The molecule has 1 heterocycles. The van der Waals surface area contributed by atoms with E-state index in [1.807, 2.05) is 0 Å². The Bertz CT molecular complexity index is 711. The third-order valence-corrected chi connectivity index (χ3v) is 3.39. The molecule has 8 nitrogen and oxygen atoms in total. The van der Waals surface area contributed by atoms with Gasteiger partial charge in [-0.2, -0.15) is 4.98 Å². The lowest BCUT2D eigenvalue weighted by atomic mass is 10.2. The first-order chi connectivity index (χ1) is 9.34. The number of benzene rings is 1. The van der Waals surface area contributed by atoms with Crippen LogP contribution in [0.15, 0.2) is 27.6 Å². The van der Waals surface area contributed by atoms with Crippen LogP contribution in [0.25, 0.3) is 0 Å². The summed E-state index contributed by atoms with van der Waals surface area (Å²) < 4.78 is 27.6. The lowest BCUT2D eigenvalue weighted by Gasteiger charge is -2.08. The van der Waals surface area contributed by atoms with Crippen LogP contribution in [0.3, 0.4) is 0 Å². The molecule has 0 atom stereocenters. The van der Waals surface area contributed by atoms with Crippen molar-refractivity contribution >= 4 is 21.4 Å². The molecule has 1 aromatic heterocycles. The number of aromatic nitrogens is 2. The fourth-order valence-electron chi connectivity index (χ4n) is 1.64. The molecule has 5 N–H and O–H groups in total. The molecule has 0 unspecified atom stereocenters. The highest BCUT2D eigenvalue weighted by Crippen LogP contribution is 2.19. The molecule has 0 spiro atoms. The Hall–Kier alpha value is -2.13. The van der Waals surface area contributed by atoms with Crippen LogP contribution in [0.5, 0.6) is 0 Å². The quantitative estimate of drug-likeness (QED) is 0.673. The van der Waals surface area contributed by atoms with Crippen molar-refractivity contribution in [3.05, 3.63) is 29.9 Å². The number of hydrogen-bond acceptors (Lipinski definition) is 7.